The summed E-state index contributed by atoms with van der Waals surface area (Å²) in [5.74, 6) is -0.400. The van der Waals surface area contributed by atoms with Crippen molar-refractivity contribution in [1.29, 1.82) is 0 Å². The number of aromatic nitrogens is 1. The Labute approximate surface area is 149 Å². The zero-order valence-corrected chi connectivity index (χ0v) is 14.9. The minimum absolute atomic E-state index is 0.0736. The lowest BCUT2D eigenvalue weighted by Gasteiger charge is -2.24. The fourth-order valence-corrected chi connectivity index (χ4v) is 2.43. The topological polar surface area (TPSA) is 79.3 Å². The van der Waals surface area contributed by atoms with Gasteiger partial charge in [-0.25, -0.2) is 0 Å². The van der Waals surface area contributed by atoms with E-state index in [1.807, 2.05) is 12.1 Å². The molecular weight excluding hydrogens is 372 g/mol. The van der Waals surface area contributed by atoms with Crippen molar-refractivity contribution in [3.05, 3.63) is 64.4 Å². The van der Waals surface area contributed by atoms with Gasteiger partial charge in [-0.15, -0.1) is 0 Å². The zero-order chi connectivity index (χ0) is 17.6. The number of amides is 1. The number of benzene rings is 1. The van der Waals surface area contributed by atoms with Gasteiger partial charge in [0.05, 0.1) is 6.54 Å². The van der Waals surface area contributed by atoms with Crippen LogP contribution in [0.25, 0.3) is 0 Å². The third kappa shape index (κ3) is 5.25. The fraction of sp³-hybridized carbons (Fsp3) is 0.278. The molecule has 0 aliphatic rings. The first kappa shape index (κ1) is 18.3. The van der Waals surface area contributed by atoms with Gasteiger partial charge in [-0.2, -0.15) is 0 Å². The third-order valence-corrected chi connectivity index (χ3v) is 4.19. The van der Waals surface area contributed by atoms with E-state index in [2.05, 4.69) is 26.2 Å². The first-order chi connectivity index (χ1) is 11.4. The van der Waals surface area contributed by atoms with E-state index in [4.69, 9.17) is 0 Å². The molecule has 0 bridgehead atoms. The molecule has 2 N–H and O–H groups in total. The molecular formula is C18H19BrN2O3. The van der Waals surface area contributed by atoms with Crippen molar-refractivity contribution in [1.82, 2.24) is 10.3 Å². The molecule has 0 saturated carbocycles. The van der Waals surface area contributed by atoms with Gasteiger partial charge < -0.3 is 10.4 Å². The second-order valence-corrected chi connectivity index (χ2v) is 6.64. The Morgan fingerprint density at radius 3 is 2.54 bits per heavy atom. The smallest absolute Gasteiger partial charge is 0.220 e. The molecule has 0 saturated heterocycles. The maximum atomic E-state index is 11.9. The summed E-state index contributed by atoms with van der Waals surface area (Å²) in [6.45, 7) is 1.71. The lowest BCUT2D eigenvalue weighted by Crippen LogP contribution is -2.38. The minimum Gasteiger partial charge on any atom is -0.384 e. The summed E-state index contributed by atoms with van der Waals surface area (Å²) in [5, 5.41) is 13.2. The number of aliphatic hydroxyl groups is 1. The molecule has 1 amide bonds. The van der Waals surface area contributed by atoms with Crippen LogP contribution in [0, 0.1) is 0 Å². The van der Waals surface area contributed by atoms with Crippen LogP contribution in [0.5, 0.6) is 0 Å². The molecule has 1 atom stereocenters. The summed E-state index contributed by atoms with van der Waals surface area (Å²) in [4.78, 5) is 27.7. The summed E-state index contributed by atoms with van der Waals surface area (Å²) in [6, 6.07) is 10.6. The standard InChI is InChI=1S/C18H19BrN2O3/c1-18(24,14-4-6-15(19)7-5-14)12-21-17(23)9-8-16(22)13-3-2-10-20-11-13/h2-7,10-11,24H,8-9,12H2,1H3,(H,21,23). The summed E-state index contributed by atoms with van der Waals surface area (Å²) in [6.07, 6.45) is 3.26. The second-order valence-electron chi connectivity index (χ2n) is 5.72. The number of hydrogen-bond donors (Lipinski definition) is 2. The van der Waals surface area contributed by atoms with Gasteiger partial charge in [-0.05, 0) is 36.8 Å². The van der Waals surface area contributed by atoms with Crippen LogP contribution in [0.4, 0.5) is 0 Å². The van der Waals surface area contributed by atoms with Crippen molar-refractivity contribution in [3.63, 3.8) is 0 Å². The highest BCUT2D eigenvalue weighted by atomic mass is 79.9. The number of rotatable bonds is 7. The maximum Gasteiger partial charge on any atom is 0.220 e. The van der Waals surface area contributed by atoms with Gasteiger partial charge >= 0.3 is 0 Å². The third-order valence-electron chi connectivity index (χ3n) is 3.66. The molecule has 6 heteroatoms. The summed E-state index contributed by atoms with van der Waals surface area (Å²) >= 11 is 3.34. The number of ketones is 1. The Morgan fingerprint density at radius 2 is 1.92 bits per heavy atom. The number of halogens is 1. The second kappa shape index (κ2) is 8.17. The molecule has 24 heavy (non-hydrogen) atoms. The van der Waals surface area contributed by atoms with E-state index in [-0.39, 0.29) is 31.1 Å². The molecule has 1 unspecified atom stereocenters. The minimum atomic E-state index is -1.18. The van der Waals surface area contributed by atoms with Crippen LogP contribution in [0.15, 0.2) is 53.3 Å². The largest absolute Gasteiger partial charge is 0.384 e. The molecule has 0 spiro atoms. The van der Waals surface area contributed by atoms with Crippen LogP contribution in [0.1, 0.15) is 35.7 Å². The number of carbonyl (C=O) groups excluding carboxylic acids is 2. The van der Waals surface area contributed by atoms with Gasteiger partial charge in [0.1, 0.15) is 5.60 Å². The van der Waals surface area contributed by atoms with E-state index in [0.717, 1.165) is 4.47 Å². The Morgan fingerprint density at radius 1 is 1.21 bits per heavy atom. The Bertz CT molecular complexity index is 700. The van der Waals surface area contributed by atoms with Crippen LogP contribution in [0.3, 0.4) is 0 Å². The van der Waals surface area contributed by atoms with Gasteiger partial charge in [0.2, 0.25) is 5.91 Å². The van der Waals surface area contributed by atoms with Crippen LogP contribution in [-0.2, 0) is 10.4 Å². The van der Waals surface area contributed by atoms with Crippen molar-refractivity contribution in [2.45, 2.75) is 25.4 Å². The van der Waals surface area contributed by atoms with E-state index < -0.39 is 5.60 Å². The van der Waals surface area contributed by atoms with Crippen molar-refractivity contribution < 1.29 is 14.7 Å². The zero-order valence-electron chi connectivity index (χ0n) is 13.3. The van der Waals surface area contributed by atoms with Gasteiger partial charge in [0.25, 0.3) is 0 Å². The normalized spacial score (nSPS) is 13.1. The lowest BCUT2D eigenvalue weighted by molar-refractivity contribution is -0.122. The van der Waals surface area contributed by atoms with Crippen LogP contribution >= 0.6 is 15.9 Å². The Hall–Kier alpha value is -2.05. The van der Waals surface area contributed by atoms with Gasteiger partial charge in [0.15, 0.2) is 5.78 Å². The molecule has 1 heterocycles. The molecule has 0 fully saturated rings. The van der Waals surface area contributed by atoms with E-state index >= 15 is 0 Å². The molecule has 0 radical (unpaired) electrons. The van der Waals surface area contributed by atoms with E-state index in [0.29, 0.717) is 11.1 Å². The molecule has 0 aliphatic carbocycles. The molecule has 2 aromatic rings. The number of nitrogens with zero attached hydrogens (tertiary/aromatic N) is 1. The Balaban J connectivity index is 1.82. The van der Waals surface area contributed by atoms with Crippen LogP contribution in [-0.4, -0.2) is 28.3 Å². The maximum absolute atomic E-state index is 11.9. The number of pyridine rings is 1. The molecule has 126 valence electrons. The highest BCUT2D eigenvalue weighted by Crippen LogP contribution is 2.21. The number of nitrogens with one attached hydrogen (secondary N) is 1. The van der Waals surface area contributed by atoms with Gasteiger partial charge in [-0.1, -0.05) is 28.1 Å². The summed E-state index contributed by atoms with van der Waals surface area (Å²) in [5.41, 5.74) is 0.0218. The SMILES string of the molecule is CC(O)(CNC(=O)CCC(=O)c1cccnc1)c1ccc(Br)cc1. The van der Waals surface area contributed by atoms with Crippen molar-refractivity contribution in [2.24, 2.45) is 0 Å². The predicted octanol–water partition coefficient (Wildman–Crippen LogP) is 2.83. The number of hydrogen-bond acceptors (Lipinski definition) is 4. The molecule has 5 nitrogen and oxygen atoms in total. The highest BCUT2D eigenvalue weighted by Gasteiger charge is 2.23. The number of carbonyl (C=O) groups is 2. The van der Waals surface area contributed by atoms with E-state index in [1.54, 1.807) is 37.4 Å². The first-order valence-corrected chi connectivity index (χ1v) is 8.36. The summed E-state index contributed by atoms with van der Waals surface area (Å²) < 4.78 is 0.917. The molecule has 0 aliphatic heterocycles. The van der Waals surface area contributed by atoms with Gasteiger partial charge in [-0.3, -0.25) is 14.6 Å². The highest BCUT2D eigenvalue weighted by molar-refractivity contribution is 9.10. The monoisotopic (exact) mass is 390 g/mol. The lowest BCUT2D eigenvalue weighted by atomic mass is 9.96. The predicted molar refractivity (Wildman–Crippen MR) is 94.5 cm³/mol. The fourth-order valence-electron chi connectivity index (χ4n) is 2.17. The Kier molecular flexibility index (Phi) is 6.23. The van der Waals surface area contributed by atoms with Crippen molar-refractivity contribution >= 4 is 27.6 Å². The first-order valence-electron chi connectivity index (χ1n) is 7.57. The van der Waals surface area contributed by atoms with Crippen LogP contribution < -0.4 is 5.32 Å². The average Bonchev–Trinajstić information content (AvgIpc) is 2.59. The summed E-state index contributed by atoms with van der Waals surface area (Å²) in [7, 11) is 0. The van der Waals surface area contributed by atoms with Crippen LogP contribution in [0.2, 0.25) is 0 Å². The molecule has 1 aromatic heterocycles. The quantitative estimate of drug-likeness (QED) is 0.712. The number of Topliss-reactive ketones (excluding diaryl/α,β-unsaturated/α-hetero) is 1. The van der Waals surface area contributed by atoms with E-state index in [1.165, 1.54) is 6.20 Å². The average molecular weight is 391 g/mol. The van der Waals surface area contributed by atoms with Crippen molar-refractivity contribution in [2.75, 3.05) is 6.54 Å². The molecule has 2 rings (SSSR count). The molecule has 1 aromatic carbocycles. The van der Waals surface area contributed by atoms with Crippen molar-refractivity contribution in [3.8, 4) is 0 Å². The van der Waals surface area contributed by atoms with E-state index in [9.17, 15) is 14.7 Å². The van der Waals surface area contributed by atoms with Gasteiger partial charge in [0, 0.05) is 35.3 Å².